The molecule has 0 atom stereocenters. The van der Waals surface area contributed by atoms with Crippen molar-refractivity contribution in [3.05, 3.63) is 0 Å². The molecule has 0 aliphatic heterocycles. The van der Waals surface area contributed by atoms with Crippen molar-refractivity contribution in [2.75, 3.05) is 19.8 Å². The Balaban J connectivity index is 3.89. The maximum atomic E-state index is 11.0. The first-order valence-corrected chi connectivity index (χ1v) is 5.46. The summed E-state index contributed by atoms with van der Waals surface area (Å²) in [6, 6.07) is 0. The lowest BCUT2D eigenvalue weighted by atomic mass is 9.88. The minimum absolute atomic E-state index is 0.0201. The van der Waals surface area contributed by atoms with E-state index in [9.17, 15) is 4.79 Å². The topological polar surface area (TPSA) is 52.3 Å². The van der Waals surface area contributed by atoms with Crippen molar-refractivity contribution < 1.29 is 9.53 Å². The molecule has 0 rings (SSSR count). The lowest BCUT2D eigenvalue weighted by molar-refractivity contribution is -0.120. The highest BCUT2D eigenvalue weighted by Crippen LogP contribution is 2.22. The molecule has 0 bridgehead atoms. The summed E-state index contributed by atoms with van der Waals surface area (Å²) in [7, 11) is 0. The average Bonchev–Trinajstić information content (AvgIpc) is 2.00. The molecule has 0 aromatic rings. The molecule has 0 fully saturated rings. The van der Waals surface area contributed by atoms with Crippen LogP contribution in [-0.4, -0.2) is 25.5 Å². The molecule has 0 radical (unpaired) electrons. The van der Waals surface area contributed by atoms with Crippen molar-refractivity contribution in [1.82, 2.24) is 0 Å². The fourth-order valence-corrected chi connectivity index (χ4v) is 1.39. The van der Waals surface area contributed by atoms with Crippen LogP contribution in [0.2, 0.25) is 0 Å². The number of rotatable bonds is 7. The van der Waals surface area contributed by atoms with E-state index in [1.807, 2.05) is 13.8 Å². The summed E-state index contributed by atoms with van der Waals surface area (Å²) in [5.74, 6) is 0.210. The second-order valence-electron chi connectivity index (χ2n) is 5.90. The first-order chi connectivity index (χ1) is 6.68. The monoisotopic (exact) mass is 215 g/mol. The van der Waals surface area contributed by atoms with Gasteiger partial charge in [0.25, 0.3) is 0 Å². The normalized spacial score (nSPS) is 12.9. The first kappa shape index (κ1) is 14.6. The Bertz CT molecular complexity index is 210. The number of hydrogen-bond donors (Lipinski definition) is 1. The standard InChI is InChI=1S/C12H25NO2/c1-10(14)6-11(2,3)8-15-9-12(4,5)7-13/h6-9,13H2,1-5H3. The van der Waals surface area contributed by atoms with Gasteiger partial charge in [-0.1, -0.05) is 27.7 Å². The molecule has 0 amide bonds. The third-order valence-corrected chi connectivity index (χ3v) is 2.27. The number of carbonyl (C=O) groups excluding carboxylic acids is 1. The minimum atomic E-state index is -0.0729. The van der Waals surface area contributed by atoms with Crippen molar-refractivity contribution in [2.24, 2.45) is 16.6 Å². The second kappa shape index (κ2) is 5.61. The summed E-state index contributed by atoms with van der Waals surface area (Å²) in [5.41, 5.74) is 5.55. The second-order valence-corrected chi connectivity index (χ2v) is 5.90. The van der Waals surface area contributed by atoms with Crippen LogP contribution >= 0.6 is 0 Å². The molecule has 0 aromatic heterocycles. The molecule has 0 aromatic carbocycles. The predicted molar refractivity (Wildman–Crippen MR) is 62.7 cm³/mol. The van der Waals surface area contributed by atoms with E-state index in [0.717, 1.165) is 0 Å². The molecule has 3 nitrogen and oxygen atoms in total. The van der Waals surface area contributed by atoms with Gasteiger partial charge in [-0.2, -0.15) is 0 Å². The number of ether oxygens (including phenoxy) is 1. The maximum absolute atomic E-state index is 11.0. The summed E-state index contributed by atoms with van der Waals surface area (Å²) in [6.45, 7) is 11.7. The largest absolute Gasteiger partial charge is 0.380 e. The lowest BCUT2D eigenvalue weighted by Crippen LogP contribution is -2.31. The van der Waals surface area contributed by atoms with Crippen LogP contribution in [0, 0.1) is 10.8 Å². The van der Waals surface area contributed by atoms with E-state index in [1.54, 1.807) is 6.92 Å². The molecular formula is C12H25NO2. The zero-order valence-corrected chi connectivity index (χ0v) is 10.7. The summed E-state index contributed by atoms with van der Waals surface area (Å²) >= 11 is 0. The van der Waals surface area contributed by atoms with Gasteiger partial charge in [-0.3, -0.25) is 0 Å². The zero-order chi connectivity index (χ0) is 12.1. The van der Waals surface area contributed by atoms with Gasteiger partial charge in [0.15, 0.2) is 0 Å². The molecule has 0 spiro atoms. The Morgan fingerprint density at radius 1 is 1.13 bits per heavy atom. The van der Waals surface area contributed by atoms with Crippen LogP contribution in [0.15, 0.2) is 0 Å². The van der Waals surface area contributed by atoms with Gasteiger partial charge in [0.05, 0.1) is 13.2 Å². The Kier molecular flexibility index (Phi) is 5.46. The summed E-state index contributed by atoms with van der Waals surface area (Å²) in [6.07, 6.45) is 0.566. The lowest BCUT2D eigenvalue weighted by Gasteiger charge is -2.27. The maximum Gasteiger partial charge on any atom is 0.130 e. The summed E-state index contributed by atoms with van der Waals surface area (Å²) in [4.78, 5) is 11.0. The van der Waals surface area contributed by atoms with Gasteiger partial charge in [0.1, 0.15) is 5.78 Å². The molecule has 0 unspecified atom stereocenters. The van der Waals surface area contributed by atoms with Crippen LogP contribution in [0.4, 0.5) is 0 Å². The number of nitrogens with two attached hydrogens (primary N) is 1. The fourth-order valence-electron chi connectivity index (χ4n) is 1.39. The molecule has 0 heterocycles. The first-order valence-electron chi connectivity index (χ1n) is 5.46. The van der Waals surface area contributed by atoms with Crippen molar-refractivity contribution in [2.45, 2.75) is 41.0 Å². The van der Waals surface area contributed by atoms with E-state index < -0.39 is 0 Å². The van der Waals surface area contributed by atoms with Crippen molar-refractivity contribution in [3.63, 3.8) is 0 Å². The molecule has 90 valence electrons. The van der Waals surface area contributed by atoms with Gasteiger partial charge in [0.2, 0.25) is 0 Å². The average molecular weight is 215 g/mol. The number of Topliss-reactive ketones (excluding diaryl/α,β-unsaturated/α-hetero) is 1. The third-order valence-electron chi connectivity index (χ3n) is 2.27. The molecule has 0 saturated heterocycles. The van der Waals surface area contributed by atoms with Crippen LogP contribution in [0.3, 0.4) is 0 Å². The molecule has 2 N–H and O–H groups in total. The summed E-state index contributed by atoms with van der Waals surface area (Å²) < 4.78 is 5.62. The highest BCUT2D eigenvalue weighted by atomic mass is 16.5. The molecule has 0 aliphatic carbocycles. The van der Waals surface area contributed by atoms with E-state index in [4.69, 9.17) is 10.5 Å². The number of hydrogen-bond acceptors (Lipinski definition) is 3. The van der Waals surface area contributed by atoms with Crippen LogP contribution in [-0.2, 0) is 9.53 Å². The van der Waals surface area contributed by atoms with E-state index >= 15 is 0 Å². The molecular weight excluding hydrogens is 190 g/mol. The third kappa shape index (κ3) is 7.51. The van der Waals surface area contributed by atoms with Gasteiger partial charge in [-0.05, 0) is 18.9 Å². The predicted octanol–water partition coefficient (Wildman–Crippen LogP) is 1.99. The van der Waals surface area contributed by atoms with Crippen molar-refractivity contribution in [1.29, 1.82) is 0 Å². The smallest absolute Gasteiger partial charge is 0.130 e. The van der Waals surface area contributed by atoms with Crippen molar-refractivity contribution >= 4 is 5.78 Å². The van der Waals surface area contributed by atoms with E-state index in [1.165, 1.54) is 0 Å². The Hall–Kier alpha value is -0.410. The molecule has 3 heteroatoms. The van der Waals surface area contributed by atoms with E-state index in [-0.39, 0.29) is 16.6 Å². The Morgan fingerprint density at radius 3 is 2.00 bits per heavy atom. The van der Waals surface area contributed by atoms with E-state index in [2.05, 4.69) is 13.8 Å². The number of carbonyl (C=O) groups is 1. The highest BCUT2D eigenvalue weighted by molar-refractivity contribution is 5.76. The molecule has 0 saturated carbocycles. The highest BCUT2D eigenvalue weighted by Gasteiger charge is 2.22. The minimum Gasteiger partial charge on any atom is -0.380 e. The van der Waals surface area contributed by atoms with E-state index in [0.29, 0.717) is 26.2 Å². The van der Waals surface area contributed by atoms with Gasteiger partial charge in [-0.15, -0.1) is 0 Å². The molecule has 15 heavy (non-hydrogen) atoms. The van der Waals surface area contributed by atoms with Crippen LogP contribution in [0.1, 0.15) is 41.0 Å². The zero-order valence-electron chi connectivity index (χ0n) is 10.7. The van der Waals surface area contributed by atoms with Crippen LogP contribution in [0.25, 0.3) is 0 Å². The van der Waals surface area contributed by atoms with Gasteiger partial charge >= 0.3 is 0 Å². The Morgan fingerprint density at radius 2 is 1.60 bits per heavy atom. The van der Waals surface area contributed by atoms with Gasteiger partial charge in [0, 0.05) is 11.8 Å². The van der Waals surface area contributed by atoms with Crippen LogP contribution < -0.4 is 5.73 Å². The van der Waals surface area contributed by atoms with Gasteiger partial charge < -0.3 is 15.3 Å². The SMILES string of the molecule is CC(=O)CC(C)(C)COCC(C)(C)CN. The van der Waals surface area contributed by atoms with Crippen LogP contribution in [0.5, 0.6) is 0 Å². The van der Waals surface area contributed by atoms with Crippen molar-refractivity contribution in [3.8, 4) is 0 Å². The number of ketones is 1. The van der Waals surface area contributed by atoms with Gasteiger partial charge in [-0.25, -0.2) is 0 Å². The quantitative estimate of drug-likeness (QED) is 0.706. The molecule has 0 aliphatic rings. The fraction of sp³-hybridized carbons (Fsp3) is 0.917. The summed E-state index contributed by atoms with van der Waals surface area (Å²) in [5, 5.41) is 0. The Labute approximate surface area is 93.4 Å².